The van der Waals surface area contributed by atoms with Crippen molar-refractivity contribution in [3.8, 4) is 11.1 Å². The van der Waals surface area contributed by atoms with Gasteiger partial charge >= 0.3 is 5.97 Å². The van der Waals surface area contributed by atoms with Crippen LogP contribution in [0.15, 0.2) is 102 Å². The number of aliphatic hydroxyl groups excluding tert-OH is 1. The summed E-state index contributed by atoms with van der Waals surface area (Å²) in [4.78, 5) is 27.8. The fourth-order valence-electron chi connectivity index (χ4n) is 4.96. The van der Waals surface area contributed by atoms with Gasteiger partial charge in [0.05, 0.1) is 23.8 Å². The lowest BCUT2D eigenvalue weighted by molar-refractivity contribution is -0.245. The number of nitrogens with zero attached hydrogens (tertiary/aromatic N) is 1. The number of carbonyl (C=O) groups is 2. The molecular formula is C35H36N2O6S. The third kappa shape index (κ3) is 8.54. The summed E-state index contributed by atoms with van der Waals surface area (Å²) in [6, 6.07) is 29.8. The van der Waals surface area contributed by atoms with E-state index in [9.17, 15) is 14.7 Å². The zero-order valence-electron chi connectivity index (χ0n) is 24.7. The minimum atomic E-state index is -0.847. The molecule has 1 aromatic heterocycles. The number of hydrogen-bond donors (Lipinski definition) is 2. The van der Waals surface area contributed by atoms with Crippen molar-refractivity contribution in [1.82, 2.24) is 10.3 Å². The number of amides is 1. The summed E-state index contributed by atoms with van der Waals surface area (Å²) < 4.78 is 17.9. The molecule has 1 aliphatic heterocycles. The van der Waals surface area contributed by atoms with E-state index in [1.807, 2.05) is 91.0 Å². The van der Waals surface area contributed by atoms with E-state index in [0.29, 0.717) is 13.0 Å². The molecule has 1 amide bonds. The van der Waals surface area contributed by atoms with Crippen LogP contribution in [-0.4, -0.2) is 39.9 Å². The van der Waals surface area contributed by atoms with Crippen LogP contribution in [0.1, 0.15) is 54.9 Å². The van der Waals surface area contributed by atoms with Crippen LogP contribution in [0.4, 0.5) is 0 Å². The Bertz CT molecular complexity index is 1530. The Balaban J connectivity index is 1.28. The van der Waals surface area contributed by atoms with Gasteiger partial charge in [-0.1, -0.05) is 72.8 Å². The molecule has 44 heavy (non-hydrogen) atoms. The lowest BCUT2D eigenvalue weighted by Gasteiger charge is -2.36. The van der Waals surface area contributed by atoms with Crippen LogP contribution in [0, 0.1) is 0 Å². The van der Waals surface area contributed by atoms with E-state index in [0.717, 1.165) is 44.2 Å². The number of rotatable bonds is 11. The molecule has 2 heterocycles. The molecule has 1 aliphatic rings. The number of thioether (sulfide) groups is 1. The Hall–Kier alpha value is -4.02. The molecule has 0 bridgehead atoms. The summed E-state index contributed by atoms with van der Waals surface area (Å²) in [5, 5.41) is 13.2. The maximum absolute atomic E-state index is 12.2. The van der Waals surface area contributed by atoms with E-state index in [-0.39, 0.29) is 24.7 Å². The molecule has 2 N–H and O–H groups in total. The molecular weight excluding hydrogens is 576 g/mol. The Morgan fingerprint density at radius 2 is 1.73 bits per heavy atom. The van der Waals surface area contributed by atoms with Crippen LogP contribution in [-0.2, 0) is 37.0 Å². The summed E-state index contributed by atoms with van der Waals surface area (Å²) in [6.45, 7) is 3.14. The molecule has 0 saturated carbocycles. The molecule has 4 atom stereocenters. The van der Waals surface area contributed by atoms with E-state index in [1.165, 1.54) is 6.92 Å². The summed E-state index contributed by atoms with van der Waals surface area (Å²) >= 11 is 1.67. The molecule has 0 radical (unpaired) electrons. The highest BCUT2D eigenvalue weighted by molar-refractivity contribution is 7.99. The number of aliphatic hydroxyl groups is 1. The molecule has 1 fully saturated rings. The van der Waals surface area contributed by atoms with Gasteiger partial charge in [0.25, 0.3) is 5.91 Å². The average molecular weight is 613 g/mol. The minimum absolute atomic E-state index is 0.0000612. The lowest BCUT2D eigenvalue weighted by atomic mass is 9.99. The van der Waals surface area contributed by atoms with Crippen LogP contribution < -0.4 is 5.32 Å². The minimum Gasteiger partial charge on any atom is -0.453 e. The maximum atomic E-state index is 12.2. The molecule has 9 heteroatoms. The van der Waals surface area contributed by atoms with Crippen LogP contribution in [0.25, 0.3) is 11.1 Å². The quantitative estimate of drug-likeness (QED) is 0.154. The summed E-state index contributed by atoms with van der Waals surface area (Å²) in [6.07, 6.45) is 0.886. The Labute approximate surface area is 261 Å². The molecule has 5 rings (SSSR count). The zero-order chi connectivity index (χ0) is 30.9. The van der Waals surface area contributed by atoms with Gasteiger partial charge in [-0.25, -0.2) is 4.98 Å². The number of aromatic nitrogens is 1. The highest BCUT2D eigenvalue weighted by Gasteiger charge is 2.32. The van der Waals surface area contributed by atoms with Gasteiger partial charge in [-0.2, -0.15) is 0 Å². The van der Waals surface area contributed by atoms with Crippen LogP contribution in [0.5, 0.6) is 0 Å². The molecule has 8 nitrogen and oxygen atoms in total. The number of ether oxygens (including phenoxy) is 3. The number of benzene rings is 3. The third-order valence-electron chi connectivity index (χ3n) is 7.29. The zero-order valence-corrected chi connectivity index (χ0v) is 25.5. The van der Waals surface area contributed by atoms with Gasteiger partial charge in [0.15, 0.2) is 12.4 Å². The number of esters is 1. The van der Waals surface area contributed by atoms with E-state index in [2.05, 4.69) is 10.3 Å². The second-order valence-electron chi connectivity index (χ2n) is 10.6. The van der Waals surface area contributed by atoms with Crippen molar-refractivity contribution in [3.63, 3.8) is 0 Å². The van der Waals surface area contributed by atoms with Gasteiger partial charge in [-0.15, -0.1) is 11.8 Å². The van der Waals surface area contributed by atoms with Gasteiger partial charge in [0.2, 0.25) is 0 Å². The SMILES string of the molecule is CC(=O)O[C@@H](C)C(=O)NCc1cccc(-c2ccc([C@@H]3O[C@H](CSc4ccccn4)C[C@H](c4ccc(CO)cc4)O3)cc2)c1. The third-order valence-corrected chi connectivity index (χ3v) is 8.37. The molecule has 0 spiro atoms. The first-order chi connectivity index (χ1) is 21.4. The summed E-state index contributed by atoms with van der Waals surface area (Å²) in [5.41, 5.74) is 5.78. The van der Waals surface area contributed by atoms with Crippen molar-refractivity contribution < 1.29 is 28.9 Å². The normalized spacial score (nSPS) is 18.8. The predicted molar refractivity (Wildman–Crippen MR) is 168 cm³/mol. The Morgan fingerprint density at radius 1 is 0.955 bits per heavy atom. The van der Waals surface area contributed by atoms with Gasteiger partial charge in [-0.05, 0) is 52.9 Å². The van der Waals surface area contributed by atoms with Gasteiger partial charge in [0.1, 0.15) is 0 Å². The molecule has 3 aromatic carbocycles. The van der Waals surface area contributed by atoms with Crippen molar-refractivity contribution in [2.24, 2.45) is 0 Å². The number of nitrogens with one attached hydrogen (secondary N) is 1. The van der Waals surface area contributed by atoms with Crippen molar-refractivity contribution in [2.75, 3.05) is 5.75 Å². The van der Waals surface area contributed by atoms with E-state index < -0.39 is 18.4 Å². The van der Waals surface area contributed by atoms with Gasteiger partial charge in [0, 0.05) is 37.4 Å². The molecule has 4 aromatic rings. The average Bonchev–Trinajstić information content (AvgIpc) is 3.06. The van der Waals surface area contributed by atoms with Gasteiger partial charge < -0.3 is 24.6 Å². The van der Waals surface area contributed by atoms with E-state index in [4.69, 9.17) is 14.2 Å². The molecule has 1 saturated heterocycles. The Kier molecular flexibility index (Phi) is 10.8. The van der Waals surface area contributed by atoms with Crippen LogP contribution in [0.3, 0.4) is 0 Å². The largest absolute Gasteiger partial charge is 0.453 e. The molecule has 228 valence electrons. The number of pyridine rings is 1. The fraction of sp³-hybridized carbons (Fsp3) is 0.286. The second-order valence-corrected chi connectivity index (χ2v) is 11.7. The Morgan fingerprint density at radius 3 is 2.43 bits per heavy atom. The van der Waals surface area contributed by atoms with Crippen molar-refractivity contribution >= 4 is 23.6 Å². The second kappa shape index (κ2) is 15.1. The molecule has 0 unspecified atom stereocenters. The maximum Gasteiger partial charge on any atom is 0.303 e. The first-order valence-electron chi connectivity index (χ1n) is 14.6. The topological polar surface area (TPSA) is 107 Å². The highest BCUT2D eigenvalue weighted by Crippen LogP contribution is 2.39. The van der Waals surface area contributed by atoms with Gasteiger partial charge in [-0.3, -0.25) is 9.59 Å². The summed E-state index contributed by atoms with van der Waals surface area (Å²) in [5.74, 6) is -0.0987. The van der Waals surface area contributed by atoms with Crippen LogP contribution in [0.2, 0.25) is 0 Å². The van der Waals surface area contributed by atoms with Crippen molar-refractivity contribution in [1.29, 1.82) is 0 Å². The van der Waals surface area contributed by atoms with Crippen LogP contribution >= 0.6 is 11.8 Å². The smallest absolute Gasteiger partial charge is 0.303 e. The first kappa shape index (κ1) is 31.4. The summed E-state index contributed by atoms with van der Waals surface area (Å²) in [7, 11) is 0. The van der Waals surface area contributed by atoms with E-state index >= 15 is 0 Å². The molecule has 0 aliphatic carbocycles. The lowest BCUT2D eigenvalue weighted by Crippen LogP contribution is -2.35. The monoisotopic (exact) mass is 612 g/mol. The fourth-order valence-corrected chi connectivity index (χ4v) is 5.84. The van der Waals surface area contributed by atoms with Crippen molar-refractivity contribution in [2.45, 2.75) is 63.0 Å². The highest BCUT2D eigenvalue weighted by atomic mass is 32.2. The van der Waals surface area contributed by atoms with E-state index in [1.54, 1.807) is 24.9 Å². The standard InChI is InChI=1S/C35H36N2O6S/c1-23(41-24(2)39)34(40)37-20-26-6-5-7-30(18-26)27-13-15-29(16-14-27)35-42-31(22-44-33-8-3-4-17-36-33)19-32(43-35)28-11-9-25(21-38)10-12-28/h3-18,23,31-32,35,38H,19-22H2,1-2H3,(H,37,40)/t23-,31-,32+,35+/m0/s1. The first-order valence-corrected chi connectivity index (χ1v) is 15.5. The predicted octanol–water partition coefficient (Wildman–Crippen LogP) is 6.15. The number of hydrogen-bond acceptors (Lipinski definition) is 8. The number of carbonyl (C=O) groups excluding carboxylic acids is 2. The van der Waals surface area contributed by atoms with Crippen molar-refractivity contribution in [3.05, 3.63) is 119 Å².